The number of thiophene rings is 1. The van der Waals surface area contributed by atoms with Gasteiger partial charge in [0, 0.05) is 13.0 Å². The van der Waals surface area contributed by atoms with Crippen molar-refractivity contribution in [1.29, 1.82) is 0 Å². The van der Waals surface area contributed by atoms with Crippen LogP contribution in [0.4, 0.5) is 15.8 Å². The summed E-state index contributed by atoms with van der Waals surface area (Å²) in [5.41, 5.74) is 5.83. The average molecular weight is 307 g/mol. The van der Waals surface area contributed by atoms with Crippen LogP contribution in [0.2, 0.25) is 0 Å². The van der Waals surface area contributed by atoms with Crippen LogP contribution in [0.25, 0.3) is 0 Å². The van der Waals surface area contributed by atoms with E-state index in [0.717, 1.165) is 6.07 Å². The van der Waals surface area contributed by atoms with Gasteiger partial charge in [0.05, 0.1) is 16.3 Å². The molecule has 5 nitrogen and oxygen atoms in total. The molecule has 0 saturated heterocycles. The number of amides is 2. The van der Waals surface area contributed by atoms with Crippen LogP contribution < -0.4 is 16.4 Å². The first-order chi connectivity index (χ1) is 10.1. The standard InChI is InChI=1S/C14H14FN3O2S/c15-9-3-4-10(11(8-9)17-13(19)5-6-16)18-14(20)12-2-1-7-21-12/h1-4,7-8H,5-6,16H2,(H,17,19)(H,18,20). The predicted octanol–water partition coefficient (Wildman–Crippen LogP) is 2.43. The van der Waals surface area contributed by atoms with Gasteiger partial charge in [0.2, 0.25) is 5.91 Å². The molecule has 21 heavy (non-hydrogen) atoms. The highest BCUT2D eigenvalue weighted by Crippen LogP contribution is 2.24. The number of rotatable bonds is 5. The molecule has 0 spiro atoms. The number of anilines is 2. The van der Waals surface area contributed by atoms with Crippen LogP contribution in [0.3, 0.4) is 0 Å². The minimum atomic E-state index is -0.507. The monoisotopic (exact) mass is 307 g/mol. The first kappa shape index (κ1) is 15.1. The number of carbonyl (C=O) groups is 2. The van der Waals surface area contributed by atoms with E-state index in [4.69, 9.17) is 5.73 Å². The van der Waals surface area contributed by atoms with Crippen LogP contribution in [0, 0.1) is 5.82 Å². The molecule has 0 aliphatic carbocycles. The SMILES string of the molecule is NCCC(=O)Nc1cc(F)ccc1NC(=O)c1cccs1. The Hall–Kier alpha value is -2.25. The van der Waals surface area contributed by atoms with Crippen molar-refractivity contribution in [2.75, 3.05) is 17.2 Å². The second kappa shape index (κ2) is 6.96. The van der Waals surface area contributed by atoms with E-state index in [0.29, 0.717) is 10.6 Å². The molecule has 0 aliphatic heterocycles. The smallest absolute Gasteiger partial charge is 0.265 e. The maximum absolute atomic E-state index is 13.3. The fourth-order valence-electron chi connectivity index (χ4n) is 1.66. The summed E-state index contributed by atoms with van der Waals surface area (Å²) >= 11 is 1.29. The zero-order valence-corrected chi connectivity index (χ0v) is 11.9. The third-order valence-electron chi connectivity index (χ3n) is 2.62. The molecule has 1 heterocycles. The minimum absolute atomic E-state index is 0.120. The maximum Gasteiger partial charge on any atom is 0.265 e. The molecule has 7 heteroatoms. The molecule has 110 valence electrons. The molecule has 0 aliphatic rings. The van der Waals surface area contributed by atoms with Crippen molar-refractivity contribution in [3.8, 4) is 0 Å². The highest BCUT2D eigenvalue weighted by atomic mass is 32.1. The largest absolute Gasteiger partial charge is 0.330 e. The van der Waals surface area contributed by atoms with Crippen LogP contribution in [0.5, 0.6) is 0 Å². The quantitative estimate of drug-likeness (QED) is 0.793. The topological polar surface area (TPSA) is 84.2 Å². The van der Waals surface area contributed by atoms with Crippen molar-refractivity contribution in [1.82, 2.24) is 0 Å². The van der Waals surface area contributed by atoms with Gasteiger partial charge in [-0.05, 0) is 29.6 Å². The number of nitrogens with two attached hydrogens (primary N) is 1. The van der Waals surface area contributed by atoms with Crippen molar-refractivity contribution in [3.63, 3.8) is 0 Å². The molecular formula is C14H14FN3O2S. The Morgan fingerprint density at radius 2 is 2.00 bits per heavy atom. The number of nitrogens with one attached hydrogen (secondary N) is 2. The Morgan fingerprint density at radius 3 is 2.67 bits per heavy atom. The highest BCUT2D eigenvalue weighted by Gasteiger charge is 2.12. The molecule has 2 amide bonds. The van der Waals surface area contributed by atoms with E-state index in [1.54, 1.807) is 17.5 Å². The molecule has 1 aromatic carbocycles. The lowest BCUT2D eigenvalue weighted by Crippen LogP contribution is -2.18. The van der Waals surface area contributed by atoms with Crippen LogP contribution in [-0.4, -0.2) is 18.4 Å². The summed E-state index contributed by atoms with van der Waals surface area (Å²) in [6, 6.07) is 7.20. The van der Waals surface area contributed by atoms with Crippen molar-refractivity contribution >= 4 is 34.5 Å². The molecule has 0 bridgehead atoms. The van der Waals surface area contributed by atoms with E-state index in [2.05, 4.69) is 10.6 Å². The van der Waals surface area contributed by atoms with Gasteiger partial charge in [0.25, 0.3) is 5.91 Å². The maximum atomic E-state index is 13.3. The number of hydrogen-bond acceptors (Lipinski definition) is 4. The highest BCUT2D eigenvalue weighted by molar-refractivity contribution is 7.12. The van der Waals surface area contributed by atoms with Gasteiger partial charge in [-0.2, -0.15) is 0 Å². The van der Waals surface area contributed by atoms with Gasteiger partial charge >= 0.3 is 0 Å². The summed E-state index contributed by atoms with van der Waals surface area (Å²) in [6.45, 7) is 0.192. The second-order valence-electron chi connectivity index (χ2n) is 4.21. The van der Waals surface area contributed by atoms with E-state index in [1.807, 2.05) is 0 Å². The first-order valence-corrected chi connectivity index (χ1v) is 7.12. The summed E-state index contributed by atoms with van der Waals surface area (Å²) in [5.74, 6) is -1.16. The molecule has 0 atom stereocenters. The van der Waals surface area contributed by atoms with E-state index in [9.17, 15) is 14.0 Å². The van der Waals surface area contributed by atoms with Crippen LogP contribution >= 0.6 is 11.3 Å². The molecule has 0 radical (unpaired) electrons. The van der Waals surface area contributed by atoms with Crippen molar-refractivity contribution < 1.29 is 14.0 Å². The van der Waals surface area contributed by atoms with Gasteiger partial charge in [0.15, 0.2) is 0 Å². The van der Waals surface area contributed by atoms with Crippen LogP contribution in [0.15, 0.2) is 35.7 Å². The summed E-state index contributed by atoms with van der Waals surface area (Å²) in [5, 5.41) is 6.96. The minimum Gasteiger partial charge on any atom is -0.330 e. The molecule has 0 unspecified atom stereocenters. The third kappa shape index (κ3) is 4.11. The fraction of sp³-hybridized carbons (Fsp3) is 0.143. The van der Waals surface area contributed by atoms with Gasteiger partial charge in [-0.3, -0.25) is 9.59 Å². The number of hydrogen-bond donors (Lipinski definition) is 3. The lowest BCUT2D eigenvalue weighted by Gasteiger charge is -2.12. The summed E-state index contributed by atoms with van der Waals surface area (Å²) in [6.07, 6.45) is 0.120. The van der Waals surface area contributed by atoms with Crippen LogP contribution in [0.1, 0.15) is 16.1 Å². The van der Waals surface area contributed by atoms with Crippen molar-refractivity contribution in [3.05, 3.63) is 46.4 Å². The lowest BCUT2D eigenvalue weighted by atomic mass is 10.2. The van der Waals surface area contributed by atoms with Crippen molar-refractivity contribution in [2.24, 2.45) is 5.73 Å². The van der Waals surface area contributed by atoms with Crippen LogP contribution in [-0.2, 0) is 4.79 Å². The Bertz CT molecular complexity index is 644. The summed E-state index contributed by atoms with van der Waals surface area (Å²) < 4.78 is 13.3. The van der Waals surface area contributed by atoms with Gasteiger partial charge < -0.3 is 16.4 Å². The number of carbonyl (C=O) groups excluding carboxylic acids is 2. The molecule has 2 rings (SSSR count). The van der Waals surface area contributed by atoms with Crippen molar-refractivity contribution in [2.45, 2.75) is 6.42 Å². The lowest BCUT2D eigenvalue weighted by molar-refractivity contribution is -0.116. The van der Waals surface area contributed by atoms with E-state index in [-0.39, 0.29) is 30.5 Å². The number of benzene rings is 1. The third-order valence-corrected chi connectivity index (χ3v) is 3.49. The normalized spacial score (nSPS) is 10.2. The molecular weight excluding hydrogens is 293 g/mol. The Balaban J connectivity index is 2.18. The summed E-state index contributed by atoms with van der Waals surface area (Å²) in [4.78, 5) is 24.1. The molecule has 2 aromatic rings. The Labute approximate surface area is 125 Å². The molecule has 0 fully saturated rings. The Morgan fingerprint density at radius 1 is 1.19 bits per heavy atom. The summed E-state index contributed by atoms with van der Waals surface area (Å²) in [7, 11) is 0. The average Bonchev–Trinajstić information content (AvgIpc) is 2.96. The van der Waals surface area contributed by atoms with E-state index in [1.165, 1.54) is 23.5 Å². The molecule has 0 saturated carbocycles. The van der Waals surface area contributed by atoms with Gasteiger partial charge in [-0.15, -0.1) is 11.3 Å². The first-order valence-electron chi connectivity index (χ1n) is 6.24. The second-order valence-corrected chi connectivity index (χ2v) is 5.16. The van der Waals surface area contributed by atoms with Gasteiger partial charge in [-0.25, -0.2) is 4.39 Å². The molecule has 4 N–H and O–H groups in total. The zero-order valence-electron chi connectivity index (χ0n) is 11.1. The van der Waals surface area contributed by atoms with E-state index >= 15 is 0 Å². The van der Waals surface area contributed by atoms with E-state index < -0.39 is 5.82 Å². The predicted molar refractivity (Wildman–Crippen MR) is 81.0 cm³/mol. The fourth-order valence-corrected chi connectivity index (χ4v) is 2.28. The number of halogens is 1. The van der Waals surface area contributed by atoms with Gasteiger partial charge in [0.1, 0.15) is 5.82 Å². The molecule has 1 aromatic heterocycles. The Kier molecular flexibility index (Phi) is 5.02. The zero-order chi connectivity index (χ0) is 15.2. The van der Waals surface area contributed by atoms with Gasteiger partial charge in [-0.1, -0.05) is 6.07 Å².